The molecule has 1 saturated heterocycles. The van der Waals surface area contributed by atoms with Gasteiger partial charge in [0.05, 0.1) is 6.04 Å². The number of hydrogen-bond donors (Lipinski definition) is 2. The number of amides is 2. The average molecular weight is 397 g/mol. The minimum atomic E-state index is -0.865. The van der Waals surface area contributed by atoms with Crippen molar-refractivity contribution in [1.82, 2.24) is 15.6 Å². The summed E-state index contributed by atoms with van der Waals surface area (Å²) in [6.07, 6.45) is 6.01. The molecule has 1 aliphatic heterocycles. The van der Waals surface area contributed by atoms with Gasteiger partial charge in [-0.15, -0.1) is 0 Å². The number of rotatable bonds is 5. The molecule has 2 aliphatic rings. The smallest absolute Gasteiger partial charge is 0.251 e. The van der Waals surface area contributed by atoms with Gasteiger partial charge in [-0.1, -0.05) is 37.1 Å². The molecule has 1 aliphatic carbocycles. The highest BCUT2D eigenvalue weighted by Gasteiger charge is 2.40. The lowest BCUT2D eigenvalue weighted by molar-refractivity contribution is -0.148. The lowest BCUT2D eigenvalue weighted by atomic mass is 9.78. The van der Waals surface area contributed by atoms with E-state index in [1.54, 1.807) is 30.6 Å². The van der Waals surface area contributed by atoms with Gasteiger partial charge < -0.3 is 15.4 Å². The Kier molecular flexibility index (Phi) is 5.58. The quantitative estimate of drug-likeness (QED) is 0.812. The third-order valence-corrected chi connectivity index (χ3v) is 5.92. The van der Waals surface area contributed by atoms with Crippen LogP contribution >= 0.6 is 0 Å². The van der Waals surface area contributed by atoms with Crippen LogP contribution in [-0.2, 0) is 19.7 Å². The minimum absolute atomic E-state index is 0.173. The number of nitrogens with one attached hydrogen (secondary N) is 2. The molecule has 152 valence electrons. The Morgan fingerprint density at radius 2 is 2.03 bits per heavy atom. The summed E-state index contributed by atoms with van der Waals surface area (Å²) in [4.78, 5) is 28.9. The maximum atomic E-state index is 14.5. The van der Waals surface area contributed by atoms with Crippen molar-refractivity contribution in [3.05, 3.63) is 65.7 Å². The number of halogens is 1. The van der Waals surface area contributed by atoms with Crippen LogP contribution in [-0.4, -0.2) is 36.1 Å². The second kappa shape index (κ2) is 8.29. The topological polar surface area (TPSA) is 80.3 Å². The molecule has 2 fully saturated rings. The van der Waals surface area contributed by atoms with E-state index in [2.05, 4.69) is 15.6 Å². The second-order valence-corrected chi connectivity index (χ2v) is 7.75. The number of benzene rings is 1. The Balaban J connectivity index is 1.52. The Morgan fingerprint density at radius 1 is 1.24 bits per heavy atom. The zero-order chi connectivity index (χ0) is 20.3. The number of carbonyl (C=O) groups is 2. The lowest BCUT2D eigenvalue weighted by Crippen LogP contribution is -2.54. The number of ether oxygens (including phenoxy) is 1. The summed E-state index contributed by atoms with van der Waals surface area (Å²) in [5.41, 5.74) is 0.938. The van der Waals surface area contributed by atoms with Crippen LogP contribution in [0.25, 0.3) is 0 Å². The van der Waals surface area contributed by atoms with Crippen molar-refractivity contribution in [2.75, 3.05) is 13.2 Å². The third kappa shape index (κ3) is 4.00. The molecule has 29 heavy (non-hydrogen) atoms. The molecule has 1 saturated carbocycles. The fourth-order valence-corrected chi connectivity index (χ4v) is 4.44. The first-order chi connectivity index (χ1) is 14.1. The summed E-state index contributed by atoms with van der Waals surface area (Å²) in [6, 6.07) is 9.72. The van der Waals surface area contributed by atoms with Crippen molar-refractivity contribution < 1.29 is 18.7 Å². The summed E-state index contributed by atoms with van der Waals surface area (Å²) in [7, 11) is 0. The number of nitrogens with zero attached hydrogens (tertiary/aromatic N) is 1. The Labute approximate surface area is 168 Å². The highest BCUT2D eigenvalue weighted by molar-refractivity contribution is 5.86. The highest BCUT2D eigenvalue weighted by Crippen LogP contribution is 2.41. The molecule has 2 atom stereocenters. The van der Waals surface area contributed by atoms with Crippen LogP contribution in [0.3, 0.4) is 0 Å². The van der Waals surface area contributed by atoms with Gasteiger partial charge in [-0.2, -0.15) is 0 Å². The zero-order valence-electron chi connectivity index (χ0n) is 16.1. The Hall–Kier alpha value is -2.80. The molecule has 6 nitrogen and oxygen atoms in total. The van der Waals surface area contributed by atoms with Gasteiger partial charge in [0.1, 0.15) is 12.4 Å². The van der Waals surface area contributed by atoms with E-state index < -0.39 is 17.6 Å². The highest BCUT2D eigenvalue weighted by atomic mass is 19.1. The summed E-state index contributed by atoms with van der Waals surface area (Å²) < 4.78 is 20.1. The molecule has 7 heteroatoms. The first kappa shape index (κ1) is 19.5. The molecule has 0 unspecified atom stereocenters. The molecule has 2 aromatic rings. The van der Waals surface area contributed by atoms with E-state index >= 15 is 0 Å². The van der Waals surface area contributed by atoms with Crippen molar-refractivity contribution in [3.8, 4) is 0 Å². The SMILES string of the molecule is O=C1CO[C@H](C(=O)NCC2(c3ccccc3F)CCCC2)[C@@H](c2cccnc2)N1. The Morgan fingerprint density at radius 3 is 2.76 bits per heavy atom. The van der Waals surface area contributed by atoms with Crippen LogP contribution in [0, 0.1) is 5.82 Å². The fraction of sp³-hybridized carbons (Fsp3) is 0.409. The molecule has 1 aromatic heterocycles. The lowest BCUT2D eigenvalue weighted by Gasteiger charge is -2.34. The predicted octanol–water partition coefficient (Wildman–Crippen LogP) is 2.41. The molecule has 2 heterocycles. The summed E-state index contributed by atoms with van der Waals surface area (Å²) in [6.45, 7) is 0.160. The summed E-state index contributed by atoms with van der Waals surface area (Å²) in [5, 5.41) is 5.79. The van der Waals surface area contributed by atoms with Crippen LogP contribution < -0.4 is 10.6 Å². The van der Waals surface area contributed by atoms with Gasteiger partial charge in [-0.25, -0.2) is 4.39 Å². The number of pyridine rings is 1. The third-order valence-electron chi connectivity index (χ3n) is 5.92. The van der Waals surface area contributed by atoms with Crippen LogP contribution in [0.2, 0.25) is 0 Å². The van der Waals surface area contributed by atoms with Gasteiger partial charge >= 0.3 is 0 Å². The fourth-order valence-electron chi connectivity index (χ4n) is 4.44. The molecular weight excluding hydrogens is 373 g/mol. The number of carbonyl (C=O) groups excluding carboxylic acids is 2. The summed E-state index contributed by atoms with van der Waals surface area (Å²) >= 11 is 0. The van der Waals surface area contributed by atoms with Crippen molar-refractivity contribution in [3.63, 3.8) is 0 Å². The predicted molar refractivity (Wildman–Crippen MR) is 104 cm³/mol. The molecule has 0 radical (unpaired) electrons. The van der Waals surface area contributed by atoms with Gasteiger partial charge in [0.2, 0.25) is 5.91 Å². The molecule has 0 spiro atoms. The molecule has 4 rings (SSSR count). The minimum Gasteiger partial charge on any atom is -0.356 e. The number of aromatic nitrogens is 1. The van der Waals surface area contributed by atoms with Crippen molar-refractivity contribution in [2.24, 2.45) is 0 Å². The van der Waals surface area contributed by atoms with E-state index in [4.69, 9.17) is 4.74 Å². The van der Waals surface area contributed by atoms with Gasteiger partial charge in [-0.05, 0) is 36.1 Å². The van der Waals surface area contributed by atoms with Crippen LogP contribution in [0.1, 0.15) is 42.9 Å². The standard InChI is InChI=1S/C22H24FN3O3/c23-17-8-2-1-7-16(17)22(9-3-4-10-22)14-25-21(28)20-19(26-18(27)13-29-20)15-6-5-11-24-12-15/h1-2,5-8,11-12,19-20H,3-4,9-10,13-14H2,(H,25,28)(H,26,27)/t19-,20+/m1/s1. The van der Waals surface area contributed by atoms with E-state index in [0.29, 0.717) is 17.7 Å². The van der Waals surface area contributed by atoms with E-state index in [1.165, 1.54) is 6.07 Å². The van der Waals surface area contributed by atoms with E-state index in [0.717, 1.165) is 25.7 Å². The Bertz CT molecular complexity index is 884. The van der Waals surface area contributed by atoms with Gasteiger partial charge in [0, 0.05) is 24.4 Å². The second-order valence-electron chi connectivity index (χ2n) is 7.75. The molecule has 0 bridgehead atoms. The number of hydrogen-bond acceptors (Lipinski definition) is 4. The van der Waals surface area contributed by atoms with Crippen molar-refractivity contribution in [2.45, 2.75) is 43.2 Å². The first-order valence-electron chi connectivity index (χ1n) is 9.93. The molecule has 2 amide bonds. The average Bonchev–Trinajstić information content (AvgIpc) is 3.23. The van der Waals surface area contributed by atoms with E-state index in [9.17, 15) is 14.0 Å². The molecular formula is C22H24FN3O3. The molecule has 1 aromatic carbocycles. The normalized spacial score (nSPS) is 23.4. The number of morpholine rings is 1. The summed E-state index contributed by atoms with van der Waals surface area (Å²) in [5.74, 6) is -0.832. The monoisotopic (exact) mass is 397 g/mol. The van der Waals surface area contributed by atoms with Crippen LogP contribution in [0.4, 0.5) is 4.39 Å². The van der Waals surface area contributed by atoms with E-state index in [1.807, 2.05) is 12.1 Å². The van der Waals surface area contributed by atoms with E-state index in [-0.39, 0.29) is 24.2 Å². The van der Waals surface area contributed by atoms with Crippen LogP contribution in [0.15, 0.2) is 48.8 Å². The maximum Gasteiger partial charge on any atom is 0.251 e. The van der Waals surface area contributed by atoms with Crippen molar-refractivity contribution >= 4 is 11.8 Å². The van der Waals surface area contributed by atoms with Gasteiger partial charge in [0.15, 0.2) is 6.10 Å². The zero-order valence-corrected chi connectivity index (χ0v) is 16.1. The van der Waals surface area contributed by atoms with Crippen molar-refractivity contribution in [1.29, 1.82) is 0 Å². The van der Waals surface area contributed by atoms with Gasteiger partial charge in [-0.3, -0.25) is 14.6 Å². The molecule has 2 N–H and O–H groups in total. The maximum absolute atomic E-state index is 14.5. The first-order valence-corrected chi connectivity index (χ1v) is 9.93. The van der Waals surface area contributed by atoms with Crippen LogP contribution in [0.5, 0.6) is 0 Å². The van der Waals surface area contributed by atoms with Gasteiger partial charge in [0.25, 0.3) is 5.91 Å². The largest absolute Gasteiger partial charge is 0.356 e.